The van der Waals surface area contributed by atoms with Crippen molar-refractivity contribution in [2.45, 2.75) is 11.3 Å². The van der Waals surface area contributed by atoms with E-state index in [0.29, 0.717) is 18.0 Å². The van der Waals surface area contributed by atoms with Crippen molar-refractivity contribution in [3.05, 3.63) is 64.9 Å². The van der Waals surface area contributed by atoms with E-state index in [4.69, 9.17) is 0 Å². The molecule has 0 unspecified atom stereocenters. The molecular weight excluding hydrogens is 434 g/mol. The Bertz CT molecular complexity index is 1180. The number of sulfonamides is 1. The van der Waals surface area contributed by atoms with Crippen LogP contribution in [0.15, 0.2) is 64.9 Å². The van der Waals surface area contributed by atoms with Gasteiger partial charge >= 0.3 is 0 Å². The Morgan fingerprint density at radius 1 is 0.935 bits per heavy atom. The summed E-state index contributed by atoms with van der Waals surface area (Å²) in [6.07, 6.45) is 0.189. The molecule has 2 heterocycles. The number of hydrogen-bond acceptors (Lipinski definition) is 5. The summed E-state index contributed by atoms with van der Waals surface area (Å²) >= 11 is 1.35. The summed E-state index contributed by atoms with van der Waals surface area (Å²) in [5.41, 5.74) is 0. The number of nitrogens with one attached hydrogen (secondary N) is 1. The second kappa shape index (κ2) is 9.17. The molecule has 2 amide bonds. The molecule has 0 atom stereocenters. The van der Waals surface area contributed by atoms with Crippen LogP contribution in [0, 0.1) is 0 Å². The first-order chi connectivity index (χ1) is 14.9. The molecule has 7 nitrogen and oxygen atoms in total. The minimum Gasteiger partial charge on any atom is -0.351 e. The molecule has 9 heteroatoms. The summed E-state index contributed by atoms with van der Waals surface area (Å²) in [5.74, 6) is -0.275. The van der Waals surface area contributed by atoms with Gasteiger partial charge in [-0.3, -0.25) is 9.59 Å². The largest absolute Gasteiger partial charge is 0.351 e. The van der Waals surface area contributed by atoms with E-state index in [1.54, 1.807) is 29.2 Å². The lowest BCUT2D eigenvalue weighted by Gasteiger charge is -2.34. The molecule has 3 aromatic rings. The topological polar surface area (TPSA) is 86.8 Å². The van der Waals surface area contributed by atoms with Crippen molar-refractivity contribution < 1.29 is 18.0 Å². The van der Waals surface area contributed by atoms with E-state index < -0.39 is 10.0 Å². The van der Waals surface area contributed by atoms with Gasteiger partial charge in [-0.1, -0.05) is 36.4 Å². The fourth-order valence-corrected chi connectivity index (χ4v) is 5.69. The maximum atomic E-state index is 13.0. The molecule has 1 aliphatic heterocycles. The highest BCUT2D eigenvalue weighted by Crippen LogP contribution is 2.23. The number of hydrogen-bond donors (Lipinski definition) is 1. The van der Waals surface area contributed by atoms with Crippen molar-refractivity contribution in [2.24, 2.45) is 0 Å². The van der Waals surface area contributed by atoms with Gasteiger partial charge in [0.05, 0.1) is 9.77 Å². The smallest absolute Gasteiger partial charge is 0.261 e. The molecule has 4 rings (SSSR count). The van der Waals surface area contributed by atoms with Crippen LogP contribution in [-0.4, -0.2) is 62.2 Å². The van der Waals surface area contributed by atoms with Crippen LogP contribution in [0.5, 0.6) is 0 Å². The van der Waals surface area contributed by atoms with Crippen LogP contribution >= 0.6 is 11.3 Å². The first-order valence-electron chi connectivity index (χ1n) is 10.0. The Morgan fingerprint density at radius 3 is 2.39 bits per heavy atom. The van der Waals surface area contributed by atoms with Crippen LogP contribution in [0.2, 0.25) is 0 Å². The third kappa shape index (κ3) is 4.79. The first kappa shape index (κ1) is 21.5. The van der Waals surface area contributed by atoms with Gasteiger partial charge < -0.3 is 10.2 Å². The van der Waals surface area contributed by atoms with Gasteiger partial charge in [0.15, 0.2) is 0 Å². The average molecular weight is 458 g/mol. The van der Waals surface area contributed by atoms with Gasteiger partial charge in [-0.05, 0) is 34.4 Å². The second-order valence-electron chi connectivity index (χ2n) is 7.28. The predicted octanol–water partition coefficient (Wildman–Crippen LogP) is 2.55. The quantitative estimate of drug-likeness (QED) is 0.616. The van der Waals surface area contributed by atoms with Crippen LogP contribution in [-0.2, 0) is 14.8 Å². The average Bonchev–Trinajstić information content (AvgIpc) is 3.34. The highest BCUT2D eigenvalue weighted by atomic mass is 32.2. The van der Waals surface area contributed by atoms with Crippen LogP contribution in [0.4, 0.5) is 0 Å². The number of amides is 2. The Hall–Kier alpha value is -2.75. The maximum absolute atomic E-state index is 13.0. The number of piperazine rings is 1. The third-order valence-electron chi connectivity index (χ3n) is 5.32. The summed E-state index contributed by atoms with van der Waals surface area (Å²) in [6, 6.07) is 16.3. The minimum atomic E-state index is -3.62. The zero-order valence-electron chi connectivity index (χ0n) is 16.9. The Labute approximate surface area is 185 Å². The fourth-order valence-electron chi connectivity index (χ4n) is 3.59. The summed E-state index contributed by atoms with van der Waals surface area (Å²) < 4.78 is 27.5. The van der Waals surface area contributed by atoms with Crippen molar-refractivity contribution in [1.82, 2.24) is 14.5 Å². The maximum Gasteiger partial charge on any atom is 0.261 e. The zero-order chi connectivity index (χ0) is 21.8. The second-order valence-corrected chi connectivity index (χ2v) is 10.2. The lowest BCUT2D eigenvalue weighted by atomic mass is 10.1. The molecule has 0 spiro atoms. The van der Waals surface area contributed by atoms with E-state index in [-0.39, 0.29) is 42.8 Å². The van der Waals surface area contributed by atoms with Crippen LogP contribution in [0.1, 0.15) is 16.1 Å². The number of rotatable bonds is 6. The lowest BCUT2D eigenvalue weighted by molar-refractivity contribution is -0.132. The zero-order valence-corrected chi connectivity index (χ0v) is 18.5. The van der Waals surface area contributed by atoms with E-state index in [1.807, 2.05) is 35.7 Å². The summed E-state index contributed by atoms with van der Waals surface area (Å²) in [6.45, 7) is 1.44. The molecule has 0 saturated carbocycles. The van der Waals surface area contributed by atoms with Gasteiger partial charge in [-0.25, -0.2) is 8.42 Å². The standard InChI is InChI=1S/C22H23N3O4S2/c26-21(9-10-23-22(27)20-6-3-15-30-20)24-11-13-25(14-12-24)31(28,29)19-8-7-17-4-1-2-5-18(17)16-19/h1-8,15-16H,9-14H2,(H,23,27). The van der Waals surface area contributed by atoms with Crippen molar-refractivity contribution >= 4 is 43.9 Å². The van der Waals surface area contributed by atoms with Crippen LogP contribution in [0.3, 0.4) is 0 Å². The summed E-state index contributed by atoms with van der Waals surface area (Å²) in [4.78, 5) is 26.9. The van der Waals surface area contributed by atoms with Crippen molar-refractivity contribution in [3.63, 3.8) is 0 Å². The highest BCUT2D eigenvalue weighted by Gasteiger charge is 2.30. The SMILES string of the molecule is O=C(NCCC(=O)N1CCN(S(=O)(=O)c2ccc3ccccc3c2)CC1)c1cccs1. The molecule has 0 bridgehead atoms. The molecule has 1 saturated heterocycles. The fraction of sp³-hybridized carbons (Fsp3) is 0.273. The van der Waals surface area contributed by atoms with Gasteiger partial charge in [0, 0.05) is 39.1 Å². The molecule has 0 aliphatic carbocycles. The van der Waals surface area contributed by atoms with Crippen molar-refractivity contribution in [3.8, 4) is 0 Å². The van der Waals surface area contributed by atoms with Crippen LogP contribution < -0.4 is 5.32 Å². The van der Waals surface area contributed by atoms with Gasteiger partial charge in [-0.15, -0.1) is 11.3 Å². The number of nitrogens with zero attached hydrogens (tertiary/aromatic N) is 2. The Morgan fingerprint density at radius 2 is 1.68 bits per heavy atom. The molecule has 31 heavy (non-hydrogen) atoms. The predicted molar refractivity (Wildman–Crippen MR) is 121 cm³/mol. The number of carbonyl (C=O) groups excluding carboxylic acids is 2. The van der Waals surface area contributed by atoms with Gasteiger partial charge in [-0.2, -0.15) is 4.31 Å². The number of benzene rings is 2. The van der Waals surface area contributed by atoms with Gasteiger partial charge in [0.25, 0.3) is 5.91 Å². The van der Waals surface area contributed by atoms with E-state index >= 15 is 0 Å². The summed E-state index contributed by atoms with van der Waals surface area (Å²) in [7, 11) is -3.62. The molecule has 162 valence electrons. The Kier molecular flexibility index (Phi) is 6.35. The normalized spacial score (nSPS) is 15.2. The molecule has 1 aliphatic rings. The molecule has 2 aromatic carbocycles. The van der Waals surface area contributed by atoms with Gasteiger partial charge in [0.1, 0.15) is 0 Å². The summed E-state index contributed by atoms with van der Waals surface area (Å²) in [5, 5.41) is 6.43. The Balaban J connectivity index is 1.31. The molecule has 1 aromatic heterocycles. The lowest BCUT2D eigenvalue weighted by Crippen LogP contribution is -2.50. The van der Waals surface area contributed by atoms with Crippen LogP contribution in [0.25, 0.3) is 10.8 Å². The minimum absolute atomic E-state index is 0.0887. The van der Waals surface area contributed by atoms with E-state index in [2.05, 4.69) is 5.32 Å². The van der Waals surface area contributed by atoms with Crippen molar-refractivity contribution in [1.29, 1.82) is 0 Å². The first-order valence-corrected chi connectivity index (χ1v) is 12.4. The van der Waals surface area contributed by atoms with E-state index in [1.165, 1.54) is 15.6 Å². The number of carbonyl (C=O) groups is 2. The number of fused-ring (bicyclic) bond motifs is 1. The van der Waals surface area contributed by atoms with E-state index in [0.717, 1.165) is 10.8 Å². The molecular formula is C22H23N3O4S2. The van der Waals surface area contributed by atoms with Gasteiger partial charge in [0.2, 0.25) is 15.9 Å². The monoisotopic (exact) mass is 457 g/mol. The van der Waals surface area contributed by atoms with Crippen molar-refractivity contribution in [2.75, 3.05) is 32.7 Å². The third-order valence-corrected chi connectivity index (χ3v) is 8.08. The number of thiophene rings is 1. The molecule has 1 fully saturated rings. The molecule has 0 radical (unpaired) electrons. The molecule has 1 N–H and O–H groups in total. The highest BCUT2D eigenvalue weighted by molar-refractivity contribution is 7.89. The van der Waals surface area contributed by atoms with E-state index in [9.17, 15) is 18.0 Å².